The predicted molar refractivity (Wildman–Crippen MR) is 93.5 cm³/mol. The standard InChI is InChI=1S/C15H21NO.C4H4O4/c1-2-16-10-11-17-15-13-8-4-3-6-12(13)7-5-9-14(15)16;5-3(6)1-2-4(7)8/h3-4,6,8,14-15H,2,5,7,9-11H2,1H3;1-2H,(H,5,6)(H,7,8)/b;2-1-/t14-,15-;/m1./s1. The predicted octanol–water partition coefficient (Wildman–Crippen LogP) is 2.50. The lowest BCUT2D eigenvalue weighted by atomic mass is 9.96. The van der Waals surface area contributed by atoms with Crippen molar-refractivity contribution in [2.45, 2.75) is 38.3 Å². The first-order valence-electron chi connectivity index (χ1n) is 8.60. The van der Waals surface area contributed by atoms with Gasteiger partial charge in [0.1, 0.15) is 0 Å². The van der Waals surface area contributed by atoms with Crippen LogP contribution in [0.2, 0.25) is 0 Å². The number of benzene rings is 1. The summed E-state index contributed by atoms with van der Waals surface area (Å²) in [4.78, 5) is 21.7. The zero-order chi connectivity index (χ0) is 18.2. The van der Waals surface area contributed by atoms with E-state index in [9.17, 15) is 9.59 Å². The average Bonchev–Trinajstić information content (AvgIpc) is 2.80. The maximum absolute atomic E-state index is 9.55. The Kier molecular flexibility index (Phi) is 7.16. The van der Waals surface area contributed by atoms with Gasteiger partial charge in [0.15, 0.2) is 0 Å². The number of carboxylic acids is 2. The fourth-order valence-electron chi connectivity index (χ4n) is 3.47. The zero-order valence-electron chi connectivity index (χ0n) is 14.4. The fraction of sp³-hybridized carbons (Fsp3) is 0.474. The van der Waals surface area contributed by atoms with E-state index in [1.807, 2.05) is 0 Å². The van der Waals surface area contributed by atoms with Crippen LogP contribution in [0.4, 0.5) is 0 Å². The molecule has 6 heteroatoms. The lowest BCUT2D eigenvalue weighted by Gasteiger charge is -2.40. The van der Waals surface area contributed by atoms with Crippen molar-refractivity contribution in [2.24, 2.45) is 0 Å². The van der Waals surface area contributed by atoms with Crippen molar-refractivity contribution in [1.82, 2.24) is 4.90 Å². The van der Waals surface area contributed by atoms with Crippen LogP contribution in [0, 0.1) is 0 Å². The molecule has 2 atom stereocenters. The highest BCUT2D eigenvalue weighted by Gasteiger charge is 2.34. The van der Waals surface area contributed by atoms with Crippen LogP contribution >= 0.6 is 0 Å². The molecule has 0 aromatic heterocycles. The number of morpholine rings is 1. The molecule has 1 aromatic rings. The zero-order valence-corrected chi connectivity index (χ0v) is 14.4. The molecule has 0 radical (unpaired) electrons. The van der Waals surface area contributed by atoms with E-state index in [0.717, 1.165) is 19.7 Å². The number of rotatable bonds is 3. The summed E-state index contributed by atoms with van der Waals surface area (Å²) in [5, 5.41) is 15.6. The number of fused-ring (bicyclic) bond motifs is 3. The molecule has 25 heavy (non-hydrogen) atoms. The van der Waals surface area contributed by atoms with Gasteiger partial charge in [0.25, 0.3) is 0 Å². The Balaban J connectivity index is 0.000000242. The molecule has 2 N–H and O–H groups in total. The Bertz CT molecular complexity index is 612. The second kappa shape index (κ2) is 9.34. The first-order valence-corrected chi connectivity index (χ1v) is 8.60. The molecular weight excluding hydrogens is 322 g/mol. The van der Waals surface area contributed by atoms with Crippen molar-refractivity contribution in [3.63, 3.8) is 0 Å². The van der Waals surface area contributed by atoms with Gasteiger partial charge >= 0.3 is 11.9 Å². The molecule has 1 aliphatic heterocycles. The molecule has 0 spiro atoms. The second-order valence-corrected chi connectivity index (χ2v) is 6.09. The number of likely N-dealkylation sites (N-methyl/N-ethyl adjacent to an activating group) is 1. The van der Waals surface area contributed by atoms with E-state index in [0.29, 0.717) is 24.3 Å². The number of hydrogen-bond acceptors (Lipinski definition) is 4. The molecule has 0 unspecified atom stereocenters. The lowest BCUT2D eigenvalue weighted by Crippen LogP contribution is -2.46. The molecule has 0 bridgehead atoms. The minimum atomic E-state index is -1.26. The van der Waals surface area contributed by atoms with E-state index in [1.54, 1.807) is 0 Å². The molecule has 1 saturated heterocycles. The van der Waals surface area contributed by atoms with Crippen molar-refractivity contribution in [1.29, 1.82) is 0 Å². The Morgan fingerprint density at radius 2 is 1.92 bits per heavy atom. The summed E-state index contributed by atoms with van der Waals surface area (Å²) in [6.45, 7) is 5.38. The Morgan fingerprint density at radius 3 is 2.56 bits per heavy atom. The highest BCUT2D eigenvalue weighted by molar-refractivity contribution is 5.89. The molecule has 0 saturated carbocycles. The van der Waals surface area contributed by atoms with Crippen molar-refractivity contribution < 1.29 is 24.5 Å². The fourth-order valence-corrected chi connectivity index (χ4v) is 3.47. The molecule has 136 valence electrons. The monoisotopic (exact) mass is 347 g/mol. The quantitative estimate of drug-likeness (QED) is 0.817. The summed E-state index contributed by atoms with van der Waals surface area (Å²) in [5.74, 6) is -2.51. The van der Waals surface area contributed by atoms with E-state index in [4.69, 9.17) is 14.9 Å². The van der Waals surface area contributed by atoms with E-state index in [1.165, 1.54) is 30.4 Å². The first-order chi connectivity index (χ1) is 12.0. The van der Waals surface area contributed by atoms with Gasteiger partial charge in [-0.05, 0) is 36.9 Å². The molecule has 3 rings (SSSR count). The largest absolute Gasteiger partial charge is 0.478 e. The van der Waals surface area contributed by atoms with Gasteiger partial charge in [-0.2, -0.15) is 0 Å². The van der Waals surface area contributed by atoms with E-state index in [-0.39, 0.29) is 0 Å². The minimum absolute atomic E-state index is 0.308. The van der Waals surface area contributed by atoms with Gasteiger partial charge in [-0.15, -0.1) is 0 Å². The highest BCUT2D eigenvalue weighted by Crippen LogP contribution is 2.36. The van der Waals surface area contributed by atoms with Crippen molar-refractivity contribution in [3.05, 3.63) is 47.5 Å². The van der Waals surface area contributed by atoms with Gasteiger partial charge in [-0.1, -0.05) is 31.2 Å². The van der Waals surface area contributed by atoms with Crippen LogP contribution in [0.25, 0.3) is 0 Å². The summed E-state index contributed by atoms with van der Waals surface area (Å²) in [5.41, 5.74) is 2.94. The van der Waals surface area contributed by atoms with E-state index >= 15 is 0 Å². The number of carbonyl (C=O) groups is 2. The summed E-state index contributed by atoms with van der Waals surface area (Å²) in [7, 11) is 0. The number of aryl methyl sites for hydroxylation is 1. The van der Waals surface area contributed by atoms with Crippen LogP contribution in [0.3, 0.4) is 0 Å². The Labute approximate surface area is 147 Å². The number of carboxylic acid groups (broad SMARTS) is 2. The highest BCUT2D eigenvalue weighted by atomic mass is 16.5. The number of nitrogens with zero attached hydrogens (tertiary/aromatic N) is 1. The van der Waals surface area contributed by atoms with Crippen molar-refractivity contribution in [2.75, 3.05) is 19.7 Å². The summed E-state index contributed by atoms with van der Waals surface area (Å²) >= 11 is 0. The second-order valence-electron chi connectivity index (χ2n) is 6.09. The van der Waals surface area contributed by atoms with Crippen LogP contribution < -0.4 is 0 Å². The Morgan fingerprint density at radius 1 is 1.24 bits per heavy atom. The molecule has 1 heterocycles. The Hall–Kier alpha value is -2.18. The van der Waals surface area contributed by atoms with Crippen LogP contribution in [-0.4, -0.2) is 52.8 Å². The summed E-state index contributed by atoms with van der Waals surface area (Å²) in [6.07, 6.45) is 5.20. The van der Waals surface area contributed by atoms with Crippen molar-refractivity contribution in [3.8, 4) is 0 Å². The molecular formula is C19H25NO5. The third-order valence-electron chi connectivity index (χ3n) is 4.58. The summed E-state index contributed by atoms with van der Waals surface area (Å²) < 4.78 is 6.08. The number of aliphatic carboxylic acids is 2. The van der Waals surface area contributed by atoms with Crippen molar-refractivity contribution >= 4 is 11.9 Å². The molecule has 0 amide bonds. The third-order valence-corrected chi connectivity index (χ3v) is 4.58. The summed E-state index contributed by atoms with van der Waals surface area (Å²) in [6, 6.07) is 9.43. The van der Waals surface area contributed by atoms with Crippen LogP contribution in [-0.2, 0) is 20.7 Å². The maximum Gasteiger partial charge on any atom is 0.328 e. The SMILES string of the molecule is CCN1CCO[C@@H]2c3ccccc3CCC[C@H]21.O=C(O)/C=C\C(=O)O. The van der Waals surface area contributed by atoms with Gasteiger partial charge in [-0.25, -0.2) is 9.59 Å². The number of hydrogen-bond donors (Lipinski definition) is 2. The first kappa shape index (κ1) is 19.1. The smallest absolute Gasteiger partial charge is 0.328 e. The maximum atomic E-state index is 9.55. The van der Waals surface area contributed by atoms with Crippen LogP contribution in [0.1, 0.15) is 37.0 Å². The van der Waals surface area contributed by atoms with Gasteiger partial charge in [0.05, 0.1) is 12.7 Å². The average molecular weight is 347 g/mol. The topological polar surface area (TPSA) is 87.1 Å². The molecule has 1 aromatic carbocycles. The van der Waals surface area contributed by atoms with Gasteiger partial charge in [0.2, 0.25) is 0 Å². The third kappa shape index (κ3) is 5.41. The molecule has 1 fully saturated rings. The van der Waals surface area contributed by atoms with Crippen LogP contribution in [0.5, 0.6) is 0 Å². The van der Waals surface area contributed by atoms with Gasteiger partial charge in [0, 0.05) is 24.7 Å². The van der Waals surface area contributed by atoms with Crippen LogP contribution in [0.15, 0.2) is 36.4 Å². The lowest BCUT2D eigenvalue weighted by molar-refractivity contribution is -0.134. The van der Waals surface area contributed by atoms with E-state index < -0.39 is 11.9 Å². The molecule has 1 aliphatic carbocycles. The molecule has 2 aliphatic rings. The number of ether oxygens (including phenoxy) is 1. The normalized spacial score (nSPS) is 22.9. The van der Waals surface area contributed by atoms with E-state index in [2.05, 4.69) is 36.1 Å². The van der Waals surface area contributed by atoms with Gasteiger partial charge in [-0.3, -0.25) is 4.90 Å². The molecule has 6 nitrogen and oxygen atoms in total. The minimum Gasteiger partial charge on any atom is -0.478 e. The van der Waals surface area contributed by atoms with Gasteiger partial charge < -0.3 is 14.9 Å².